The van der Waals surface area contributed by atoms with Crippen LogP contribution in [0.2, 0.25) is 5.02 Å². The van der Waals surface area contributed by atoms with Crippen molar-refractivity contribution in [3.05, 3.63) is 65.2 Å². The first-order chi connectivity index (χ1) is 7.75. The average molecular weight is 232 g/mol. The zero-order valence-corrected chi connectivity index (χ0v) is 9.24. The molecule has 0 bridgehead atoms. The number of carbonyl (C=O) groups excluding carboxylic acids is 1. The molecule has 0 saturated heterocycles. The highest BCUT2D eigenvalue weighted by atomic mass is 35.5. The fourth-order valence-electron chi connectivity index (χ4n) is 1.33. The molecule has 0 fully saturated rings. The minimum Gasteiger partial charge on any atom is -0.322 e. The summed E-state index contributed by atoms with van der Waals surface area (Å²) in [6.45, 7) is 0. The molecule has 2 nitrogen and oxygen atoms in total. The highest BCUT2D eigenvalue weighted by Crippen LogP contribution is 2.12. The van der Waals surface area contributed by atoms with E-state index < -0.39 is 0 Å². The Morgan fingerprint density at radius 1 is 0.938 bits per heavy atom. The molecule has 0 unspecified atom stereocenters. The second-order valence-corrected chi connectivity index (χ2v) is 3.76. The number of amides is 1. The predicted octanol–water partition coefficient (Wildman–Crippen LogP) is 3.59. The number of rotatable bonds is 2. The van der Waals surface area contributed by atoms with Crippen LogP contribution in [0.5, 0.6) is 0 Å². The van der Waals surface area contributed by atoms with Crippen LogP contribution in [-0.4, -0.2) is 5.91 Å². The average Bonchev–Trinajstić information content (AvgIpc) is 2.31. The molecule has 0 atom stereocenters. The molecule has 3 heteroatoms. The Balaban J connectivity index is 2.12. The Bertz CT molecular complexity index is 479. The second kappa shape index (κ2) is 4.81. The zero-order valence-electron chi connectivity index (χ0n) is 8.48. The number of anilines is 1. The summed E-state index contributed by atoms with van der Waals surface area (Å²) in [5.74, 6) is -0.136. The van der Waals surface area contributed by atoms with Gasteiger partial charge in [0.25, 0.3) is 5.91 Å². The van der Waals surface area contributed by atoms with E-state index in [2.05, 4.69) is 5.32 Å². The summed E-state index contributed by atoms with van der Waals surface area (Å²) in [5.41, 5.74) is 1.37. The van der Waals surface area contributed by atoms with Crippen LogP contribution in [0.3, 0.4) is 0 Å². The first kappa shape index (κ1) is 10.7. The highest BCUT2D eigenvalue weighted by molar-refractivity contribution is 6.30. The largest absolute Gasteiger partial charge is 0.322 e. The van der Waals surface area contributed by atoms with Crippen LogP contribution in [0.4, 0.5) is 5.69 Å². The van der Waals surface area contributed by atoms with Crippen LogP contribution in [-0.2, 0) is 0 Å². The van der Waals surface area contributed by atoms with Gasteiger partial charge < -0.3 is 5.32 Å². The molecule has 0 aliphatic rings. The molecule has 0 heterocycles. The fraction of sp³-hybridized carbons (Fsp3) is 0. The molecule has 0 radical (unpaired) electrons. The van der Waals surface area contributed by atoms with Crippen LogP contribution < -0.4 is 5.32 Å². The third-order valence-corrected chi connectivity index (χ3v) is 2.39. The summed E-state index contributed by atoms with van der Waals surface area (Å²) >= 11 is 5.74. The van der Waals surface area contributed by atoms with Crippen molar-refractivity contribution >= 4 is 23.2 Å². The highest BCUT2D eigenvalue weighted by Gasteiger charge is 2.04. The number of nitrogens with one attached hydrogen (secondary N) is 1. The second-order valence-electron chi connectivity index (χ2n) is 3.33. The van der Waals surface area contributed by atoms with Crippen LogP contribution in [0.15, 0.2) is 54.6 Å². The summed E-state index contributed by atoms with van der Waals surface area (Å²) in [5, 5.41) is 3.42. The molecule has 1 amide bonds. The van der Waals surface area contributed by atoms with E-state index >= 15 is 0 Å². The molecule has 2 rings (SSSR count). The normalized spacial score (nSPS) is 9.81. The molecule has 0 spiro atoms. The van der Waals surface area contributed by atoms with E-state index in [1.54, 1.807) is 24.3 Å². The molecule has 0 aliphatic carbocycles. The van der Waals surface area contributed by atoms with Gasteiger partial charge in [0.1, 0.15) is 0 Å². The lowest BCUT2D eigenvalue weighted by Crippen LogP contribution is -2.11. The lowest BCUT2D eigenvalue weighted by atomic mass is 10.2. The van der Waals surface area contributed by atoms with Crippen LogP contribution >= 0.6 is 11.6 Å². The van der Waals surface area contributed by atoms with Gasteiger partial charge in [-0.2, -0.15) is 0 Å². The zero-order chi connectivity index (χ0) is 11.4. The van der Waals surface area contributed by atoms with Crippen LogP contribution in [0.25, 0.3) is 0 Å². The number of para-hydroxylation sites is 1. The quantitative estimate of drug-likeness (QED) is 0.841. The van der Waals surface area contributed by atoms with Gasteiger partial charge in [-0.25, -0.2) is 0 Å². The summed E-state index contributed by atoms with van der Waals surface area (Å²) in [6, 6.07) is 16.1. The van der Waals surface area contributed by atoms with Gasteiger partial charge >= 0.3 is 0 Å². The third kappa shape index (κ3) is 2.61. The molecule has 1 N–H and O–H groups in total. The van der Waals surface area contributed by atoms with E-state index in [-0.39, 0.29) is 5.91 Å². The van der Waals surface area contributed by atoms with Crippen molar-refractivity contribution in [2.75, 3.05) is 5.32 Å². The fourth-order valence-corrected chi connectivity index (χ4v) is 1.45. The van der Waals surface area contributed by atoms with Gasteiger partial charge in [0.2, 0.25) is 0 Å². The van der Waals surface area contributed by atoms with E-state index in [1.165, 1.54) is 0 Å². The molecule has 0 aromatic heterocycles. The SMILES string of the molecule is O=C(Nc1ccccc1)c1ccc(Cl)cc1. The maximum absolute atomic E-state index is 11.8. The molecule has 80 valence electrons. The number of hydrogen-bond acceptors (Lipinski definition) is 1. The smallest absolute Gasteiger partial charge is 0.255 e. The Kier molecular flexibility index (Phi) is 3.22. The monoisotopic (exact) mass is 231 g/mol. The minimum absolute atomic E-state index is 0.136. The number of benzene rings is 2. The van der Waals surface area contributed by atoms with E-state index in [1.807, 2.05) is 30.3 Å². The van der Waals surface area contributed by atoms with Gasteiger partial charge in [-0.15, -0.1) is 0 Å². The van der Waals surface area contributed by atoms with Crippen molar-refractivity contribution < 1.29 is 4.79 Å². The van der Waals surface area contributed by atoms with Gasteiger partial charge in [-0.05, 0) is 36.4 Å². The minimum atomic E-state index is -0.136. The van der Waals surface area contributed by atoms with Gasteiger partial charge in [0.15, 0.2) is 0 Å². The van der Waals surface area contributed by atoms with Crippen molar-refractivity contribution in [1.29, 1.82) is 0 Å². The van der Waals surface area contributed by atoms with E-state index in [4.69, 9.17) is 11.6 Å². The van der Waals surface area contributed by atoms with E-state index in [0.717, 1.165) is 5.69 Å². The van der Waals surface area contributed by atoms with Crippen molar-refractivity contribution in [2.24, 2.45) is 0 Å². The van der Waals surface area contributed by atoms with Crippen molar-refractivity contribution in [1.82, 2.24) is 0 Å². The Labute approximate surface area is 98.9 Å². The van der Waals surface area contributed by atoms with Gasteiger partial charge in [0, 0.05) is 16.3 Å². The Morgan fingerprint density at radius 2 is 1.56 bits per heavy atom. The van der Waals surface area contributed by atoms with E-state index in [9.17, 15) is 4.79 Å². The number of hydrogen-bond donors (Lipinski definition) is 1. The molecule has 0 aliphatic heterocycles. The molecule has 2 aromatic carbocycles. The Hall–Kier alpha value is -1.80. The summed E-state index contributed by atoms with van der Waals surface area (Å²) < 4.78 is 0. The predicted molar refractivity (Wildman–Crippen MR) is 65.8 cm³/mol. The molecule has 2 aromatic rings. The van der Waals surface area contributed by atoms with Crippen LogP contribution in [0.1, 0.15) is 10.4 Å². The Morgan fingerprint density at radius 3 is 2.19 bits per heavy atom. The first-order valence-corrected chi connectivity index (χ1v) is 5.25. The maximum atomic E-state index is 11.8. The molecular weight excluding hydrogens is 222 g/mol. The first-order valence-electron chi connectivity index (χ1n) is 4.88. The molecular formula is C13H10ClNO. The van der Waals surface area contributed by atoms with Crippen LogP contribution in [0, 0.1) is 0 Å². The summed E-state index contributed by atoms with van der Waals surface area (Å²) in [6.07, 6.45) is 0. The van der Waals surface area contributed by atoms with Crippen molar-refractivity contribution in [3.63, 3.8) is 0 Å². The van der Waals surface area contributed by atoms with Gasteiger partial charge in [-0.1, -0.05) is 29.8 Å². The summed E-state index contributed by atoms with van der Waals surface area (Å²) in [4.78, 5) is 11.8. The van der Waals surface area contributed by atoms with Crippen molar-refractivity contribution in [2.45, 2.75) is 0 Å². The lowest BCUT2D eigenvalue weighted by Gasteiger charge is -2.04. The van der Waals surface area contributed by atoms with Gasteiger partial charge in [0.05, 0.1) is 0 Å². The van der Waals surface area contributed by atoms with E-state index in [0.29, 0.717) is 10.6 Å². The summed E-state index contributed by atoms with van der Waals surface area (Å²) in [7, 11) is 0. The standard InChI is InChI=1S/C13H10ClNO/c14-11-8-6-10(7-9-11)13(16)15-12-4-2-1-3-5-12/h1-9H,(H,15,16). The molecule has 16 heavy (non-hydrogen) atoms. The topological polar surface area (TPSA) is 29.1 Å². The van der Waals surface area contributed by atoms with Crippen molar-refractivity contribution in [3.8, 4) is 0 Å². The number of carbonyl (C=O) groups is 1. The lowest BCUT2D eigenvalue weighted by molar-refractivity contribution is 0.102. The number of halogens is 1. The van der Waals surface area contributed by atoms with Gasteiger partial charge in [-0.3, -0.25) is 4.79 Å². The molecule has 0 saturated carbocycles. The third-order valence-electron chi connectivity index (χ3n) is 2.14. The maximum Gasteiger partial charge on any atom is 0.255 e.